The average Bonchev–Trinajstić information content (AvgIpc) is 3.21. The van der Waals surface area contributed by atoms with Gasteiger partial charge in [0.2, 0.25) is 6.79 Å². The standard InChI is InChI=1S/C22H21N3O3/c26-22(25-14-17-6-7-20-21(12-17)28-15-27-20)19-13-18(9-11-24-19)23-10-8-16-4-2-1-3-5-16/h1-7,9,11-13H,8,10,14-15H2,(H,23,24)(H,25,26). The Morgan fingerprint density at radius 1 is 0.964 bits per heavy atom. The van der Waals surface area contributed by atoms with Gasteiger partial charge in [-0.1, -0.05) is 36.4 Å². The van der Waals surface area contributed by atoms with Gasteiger partial charge in [-0.05, 0) is 41.8 Å². The van der Waals surface area contributed by atoms with Crippen LogP contribution >= 0.6 is 0 Å². The molecule has 2 N–H and O–H groups in total. The van der Waals surface area contributed by atoms with E-state index >= 15 is 0 Å². The number of aromatic nitrogens is 1. The summed E-state index contributed by atoms with van der Waals surface area (Å²) in [5.74, 6) is 1.21. The molecule has 2 aromatic carbocycles. The van der Waals surface area contributed by atoms with Gasteiger partial charge < -0.3 is 20.1 Å². The largest absolute Gasteiger partial charge is 0.454 e. The van der Waals surface area contributed by atoms with Crippen LogP contribution < -0.4 is 20.1 Å². The first-order chi connectivity index (χ1) is 13.8. The van der Waals surface area contributed by atoms with Crippen molar-refractivity contribution in [2.75, 3.05) is 18.7 Å². The zero-order valence-electron chi connectivity index (χ0n) is 15.4. The molecular weight excluding hydrogens is 354 g/mol. The molecule has 0 fully saturated rings. The van der Waals surface area contributed by atoms with Crippen LogP contribution in [0.25, 0.3) is 0 Å². The fraction of sp³-hybridized carbons (Fsp3) is 0.182. The highest BCUT2D eigenvalue weighted by molar-refractivity contribution is 5.93. The number of hydrogen-bond acceptors (Lipinski definition) is 5. The van der Waals surface area contributed by atoms with Crippen molar-refractivity contribution in [1.29, 1.82) is 0 Å². The van der Waals surface area contributed by atoms with E-state index in [1.165, 1.54) is 5.56 Å². The van der Waals surface area contributed by atoms with Crippen molar-refractivity contribution in [2.45, 2.75) is 13.0 Å². The molecule has 3 aromatic rings. The van der Waals surface area contributed by atoms with E-state index in [0.717, 1.165) is 30.0 Å². The Balaban J connectivity index is 1.31. The molecule has 0 atom stereocenters. The minimum absolute atomic E-state index is 0.218. The molecule has 1 aliphatic heterocycles. The molecular formula is C22H21N3O3. The number of benzene rings is 2. The summed E-state index contributed by atoms with van der Waals surface area (Å²) in [4.78, 5) is 16.6. The van der Waals surface area contributed by atoms with Gasteiger partial charge in [0.05, 0.1) is 0 Å². The van der Waals surface area contributed by atoms with Crippen LogP contribution in [0.5, 0.6) is 11.5 Å². The number of nitrogens with zero attached hydrogens (tertiary/aromatic N) is 1. The van der Waals surface area contributed by atoms with Gasteiger partial charge in [0.15, 0.2) is 11.5 Å². The summed E-state index contributed by atoms with van der Waals surface area (Å²) >= 11 is 0. The molecule has 0 bridgehead atoms. The Bertz CT molecular complexity index is 960. The van der Waals surface area contributed by atoms with E-state index in [0.29, 0.717) is 18.0 Å². The lowest BCUT2D eigenvalue weighted by atomic mass is 10.1. The Morgan fingerprint density at radius 2 is 1.82 bits per heavy atom. The third-order valence-electron chi connectivity index (χ3n) is 4.47. The second-order valence-corrected chi connectivity index (χ2v) is 6.46. The summed E-state index contributed by atoms with van der Waals surface area (Å²) in [7, 11) is 0. The third-order valence-corrected chi connectivity index (χ3v) is 4.47. The van der Waals surface area contributed by atoms with E-state index in [9.17, 15) is 4.79 Å². The summed E-state index contributed by atoms with van der Waals surface area (Å²) in [6.45, 7) is 1.41. The van der Waals surface area contributed by atoms with Crippen LogP contribution in [0.3, 0.4) is 0 Å². The van der Waals surface area contributed by atoms with Crippen LogP contribution in [0.2, 0.25) is 0 Å². The zero-order valence-corrected chi connectivity index (χ0v) is 15.4. The Hall–Kier alpha value is -3.54. The van der Waals surface area contributed by atoms with Gasteiger partial charge in [-0.3, -0.25) is 9.78 Å². The molecule has 0 saturated carbocycles. The Morgan fingerprint density at radius 3 is 2.71 bits per heavy atom. The minimum Gasteiger partial charge on any atom is -0.454 e. The molecule has 0 aliphatic carbocycles. The van der Waals surface area contributed by atoms with Crippen molar-refractivity contribution in [3.8, 4) is 11.5 Å². The summed E-state index contributed by atoms with van der Waals surface area (Å²) in [6, 6.07) is 19.5. The average molecular weight is 375 g/mol. The van der Waals surface area contributed by atoms with Crippen molar-refractivity contribution in [3.05, 3.63) is 83.7 Å². The molecule has 2 heterocycles. The first kappa shape index (κ1) is 17.9. The van der Waals surface area contributed by atoms with Gasteiger partial charge in [-0.15, -0.1) is 0 Å². The molecule has 6 nitrogen and oxygen atoms in total. The second kappa shape index (κ2) is 8.43. The van der Waals surface area contributed by atoms with E-state index in [1.54, 1.807) is 12.3 Å². The highest BCUT2D eigenvalue weighted by Crippen LogP contribution is 2.32. The van der Waals surface area contributed by atoms with Gasteiger partial charge in [-0.2, -0.15) is 0 Å². The summed E-state index contributed by atoms with van der Waals surface area (Å²) in [5.41, 5.74) is 3.46. The third kappa shape index (κ3) is 4.40. The maximum absolute atomic E-state index is 12.4. The molecule has 6 heteroatoms. The van der Waals surface area contributed by atoms with Crippen LogP contribution in [0.4, 0.5) is 5.69 Å². The number of amides is 1. The highest BCUT2D eigenvalue weighted by atomic mass is 16.7. The molecule has 1 aliphatic rings. The molecule has 1 aromatic heterocycles. The predicted molar refractivity (Wildman–Crippen MR) is 107 cm³/mol. The summed E-state index contributed by atoms with van der Waals surface area (Å²) in [6.07, 6.45) is 2.55. The number of carbonyl (C=O) groups excluding carboxylic acids is 1. The molecule has 0 saturated heterocycles. The summed E-state index contributed by atoms with van der Waals surface area (Å²) in [5, 5.41) is 6.23. The van der Waals surface area contributed by atoms with Crippen LogP contribution in [0, 0.1) is 0 Å². The molecule has 1 amide bonds. The van der Waals surface area contributed by atoms with Crippen molar-refractivity contribution in [2.24, 2.45) is 0 Å². The normalized spacial score (nSPS) is 11.9. The van der Waals surface area contributed by atoms with E-state index in [1.807, 2.05) is 42.5 Å². The zero-order chi connectivity index (χ0) is 19.2. The number of fused-ring (bicyclic) bond motifs is 1. The number of hydrogen-bond donors (Lipinski definition) is 2. The maximum Gasteiger partial charge on any atom is 0.270 e. The molecule has 0 radical (unpaired) electrons. The minimum atomic E-state index is -0.218. The van der Waals surface area contributed by atoms with Crippen LogP contribution in [-0.4, -0.2) is 24.2 Å². The van der Waals surface area contributed by atoms with E-state index < -0.39 is 0 Å². The fourth-order valence-corrected chi connectivity index (χ4v) is 2.98. The lowest BCUT2D eigenvalue weighted by Gasteiger charge is -2.09. The number of nitrogens with one attached hydrogen (secondary N) is 2. The predicted octanol–water partition coefficient (Wildman–Crippen LogP) is 3.39. The van der Waals surface area contributed by atoms with Gasteiger partial charge in [0.1, 0.15) is 5.69 Å². The van der Waals surface area contributed by atoms with Crippen molar-refractivity contribution >= 4 is 11.6 Å². The Kier molecular flexibility index (Phi) is 5.38. The van der Waals surface area contributed by atoms with Crippen LogP contribution in [-0.2, 0) is 13.0 Å². The number of ether oxygens (including phenoxy) is 2. The van der Waals surface area contributed by atoms with E-state index in [2.05, 4.69) is 27.8 Å². The molecule has 28 heavy (non-hydrogen) atoms. The number of carbonyl (C=O) groups is 1. The van der Waals surface area contributed by atoms with Crippen molar-refractivity contribution in [3.63, 3.8) is 0 Å². The fourth-order valence-electron chi connectivity index (χ4n) is 2.98. The highest BCUT2D eigenvalue weighted by Gasteiger charge is 2.14. The molecule has 0 spiro atoms. The van der Waals surface area contributed by atoms with E-state index in [-0.39, 0.29) is 12.7 Å². The summed E-state index contributed by atoms with van der Waals surface area (Å²) < 4.78 is 10.7. The van der Waals surface area contributed by atoms with Gasteiger partial charge in [0, 0.05) is 25.0 Å². The Labute approximate surface area is 163 Å². The first-order valence-electron chi connectivity index (χ1n) is 9.18. The molecule has 4 rings (SSSR count). The quantitative estimate of drug-likeness (QED) is 0.662. The SMILES string of the molecule is O=C(NCc1ccc2c(c1)OCO2)c1cc(NCCc2ccccc2)ccn1. The smallest absolute Gasteiger partial charge is 0.270 e. The first-order valence-corrected chi connectivity index (χ1v) is 9.18. The topological polar surface area (TPSA) is 72.5 Å². The maximum atomic E-state index is 12.4. The van der Waals surface area contributed by atoms with E-state index in [4.69, 9.17) is 9.47 Å². The van der Waals surface area contributed by atoms with Crippen LogP contribution in [0.1, 0.15) is 21.6 Å². The number of rotatable bonds is 7. The molecule has 0 unspecified atom stereocenters. The lowest BCUT2D eigenvalue weighted by Crippen LogP contribution is -2.24. The lowest BCUT2D eigenvalue weighted by molar-refractivity contribution is 0.0946. The van der Waals surface area contributed by atoms with Crippen molar-refractivity contribution in [1.82, 2.24) is 10.3 Å². The van der Waals surface area contributed by atoms with Gasteiger partial charge in [0.25, 0.3) is 5.91 Å². The van der Waals surface area contributed by atoms with Crippen molar-refractivity contribution < 1.29 is 14.3 Å². The van der Waals surface area contributed by atoms with Gasteiger partial charge >= 0.3 is 0 Å². The van der Waals surface area contributed by atoms with Gasteiger partial charge in [-0.25, -0.2) is 0 Å². The monoisotopic (exact) mass is 375 g/mol. The number of anilines is 1. The van der Waals surface area contributed by atoms with Crippen LogP contribution in [0.15, 0.2) is 66.9 Å². The molecule has 142 valence electrons. The second-order valence-electron chi connectivity index (χ2n) is 6.46. The number of pyridine rings is 1.